The Balaban J connectivity index is 1.61. The molecule has 166 valence electrons. The van der Waals surface area contributed by atoms with Gasteiger partial charge in [-0.2, -0.15) is 11.3 Å². The summed E-state index contributed by atoms with van der Waals surface area (Å²) in [6.45, 7) is 3.94. The molecule has 1 aliphatic rings. The number of aromatic hydroxyl groups is 1. The van der Waals surface area contributed by atoms with Crippen LogP contribution in [0.1, 0.15) is 27.8 Å². The number of thiophene rings is 1. The molecule has 2 aromatic carbocycles. The molecule has 0 aliphatic carbocycles. The van der Waals surface area contributed by atoms with Gasteiger partial charge in [-0.1, -0.05) is 12.1 Å². The number of aliphatic carboxylic acids is 1. The van der Waals surface area contributed by atoms with Crippen LogP contribution in [-0.4, -0.2) is 39.1 Å². The van der Waals surface area contributed by atoms with Crippen molar-refractivity contribution in [2.75, 3.05) is 0 Å². The van der Waals surface area contributed by atoms with Crippen LogP contribution in [0.4, 0.5) is 0 Å². The smallest absolute Gasteiger partial charge is 0.326 e. The van der Waals surface area contributed by atoms with Gasteiger partial charge in [0.05, 0.1) is 6.04 Å². The number of nitrogens with zero attached hydrogens (tertiary/aromatic N) is 1. The Bertz CT molecular complexity index is 1150. The molecule has 1 amide bonds. The molecule has 32 heavy (non-hydrogen) atoms. The summed E-state index contributed by atoms with van der Waals surface area (Å²) < 4.78 is 0. The summed E-state index contributed by atoms with van der Waals surface area (Å²) >= 11 is 1.62. The fraction of sp³-hybridized carbons (Fsp3) is 0.280. The zero-order chi connectivity index (χ0) is 23.0. The number of nitrogens with two attached hydrogens (primary N) is 1. The van der Waals surface area contributed by atoms with E-state index in [1.165, 1.54) is 4.90 Å². The summed E-state index contributed by atoms with van der Waals surface area (Å²) in [6.07, 6.45) is 0.533. The highest BCUT2D eigenvalue weighted by molar-refractivity contribution is 7.08. The molecule has 0 radical (unpaired) electrons. The second-order valence-corrected chi connectivity index (χ2v) is 9.17. The lowest BCUT2D eigenvalue weighted by atomic mass is 9.90. The maximum atomic E-state index is 13.3. The molecule has 7 heteroatoms. The standard InChI is InChI=1S/C25H26N2O4S/c1-14-7-20(28)8-15(2)21(14)11-22(26)24(29)27-12-19-9-16(18-5-6-32-13-18)3-4-17(19)10-23(27)25(30)31/h3-9,13,22-23,28H,10-12,26H2,1-2H3,(H,30,31)/t22-,23-/m0/s1. The predicted octanol–water partition coefficient (Wildman–Crippen LogP) is 3.65. The fourth-order valence-corrected chi connectivity index (χ4v) is 5.12. The van der Waals surface area contributed by atoms with Crippen molar-refractivity contribution in [3.8, 4) is 16.9 Å². The van der Waals surface area contributed by atoms with E-state index in [0.717, 1.165) is 38.9 Å². The van der Waals surface area contributed by atoms with Crippen LogP contribution >= 0.6 is 11.3 Å². The largest absolute Gasteiger partial charge is 0.508 e. The first-order chi connectivity index (χ1) is 15.2. The van der Waals surface area contributed by atoms with E-state index in [9.17, 15) is 19.8 Å². The molecule has 0 unspecified atom stereocenters. The number of rotatable bonds is 5. The molecule has 1 aliphatic heterocycles. The van der Waals surface area contributed by atoms with Gasteiger partial charge in [-0.05, 0) is 94.2 Å². The molecule has 2 heterocycles. The maximum absolute atomic E-state index is 13.3. The summed E-state index contributed by atoms with van der Waals surface area (Å²) in [4.78, 5) is 26.7. The Labute approximate surface area is 190 Å². The number of carbonyl (C=O) groups excluding carboxylic acids is 1. The van der Waals surface area contributed by atoms with Gasteiger partial charge in [0.2, 0.25) is 5.91 Å². The first kappa shape index (κ1) is 22.0. The van der Waals surface area contributed by atoms with Crippen LogP contribution < -0.4 is 5.73 Å². The molecule has 1 aromatic heterocycles. The number of fused-ring (bicyclic) bond motifs is 1. The van der Waals surface area contributed by atoms with Gasteiger partial charge >= 0.3 is 5.97 Å². The van der Waals surface area contributed by atoms with Crippen molar-refractivity contribution in [1.29, 1.82) is 0 Å². The highest BCUT2D eigenvalue weighted by atomic mass is 32.1. The monoisotopic (exact) mass is 450 g/mol. The first-order valence-corrected chi connectivity index (χ1v) is 11.4. The lowest BCUT2D eigenvalue weighted by molar-refractivity contribution is -0.152. The Morgan fingerprint density at radius 2 is 1.84 bits per heavy atom. The normalized spacial score (nSPS) is 16.5. The van der Waals surface area contributed by atoms with E-state index in [1.54, 1.807) is 23.5 Å². The van der Waals surface area contributed by atoms with Gasteiger partial charge in [0.25, 0.3) is 0 Å². The number of carbonyl (C=O) groups is 2. The highest BCUT2D eigenvalue weighted by Crippen LogP contribution is 2.30. The fourth-order valence-electron chi connectivity index (χ4n) is 4.46. The molecule has 0 spiro atoms. The summed E-state index contributed by atoms with van der Waals surface area (Å²) in [6, 6.07) is 9.50. The van der Waals surface area contributed by atoms with Crippen molar-refractivity contribution < 1.29 is 19.8 Å². The van der Waals surface area contributed by atoms with Crippen molar-refractivity contribution in [1.82, 2.24) is 4.90 Å². The van der Waals surface area contributed by atoms with E-state index in [1.807, 2.05) is 43.5 Å². The van der Waals surface area contributed by atoms with Crippen molar-refractivity contribution in [2.45, 2.75) is 45.3 Å². The first-order valence-electron chi connectivity index (χ1n) is 10.5. The minimum atomic E-state index is -1.03. The summed E-state index contributed by atoms with van der Waals surface area (Å²) in [5.74, 6) is -1.24. The predicted molar refractivity (Wildman–Crippen MR) is 125 cm³/mol. The zero-order valence-corrected chi connectivity index (χ0v) is 18.9. The summed E-state index contributed by atoms with van der Waals surface area (Å²) in [5, 5.41) is 23.7. The third-order valence-electron chi connectivity index (χ3n) is 6.18. The Morgan fingerprint density at radius 1 is 1.12 bits per heavy atom. The SMILES string of the molecule is Cc1cc(O)cc(C)c1C[C@H](N)C(=O)N1Cc2cc(-c3ccsc3)ccc2C[C@H]1C(=O)O. The third kappa shape index (κ3) is 4.26. The van der Waals surface area contributed by atoms with Crippen molar-refractivity contribution in [3.05, 3.63) is 75.0 Å². The Hall–Kier alpha value is -3.16. The van der Waals surface area contributed by atoms with E-state index in [0.29, 0.717) is 0 Å². The second kappa shape index (κ2) is 8.76. The Morgan fingerprint density at radius 3 is 2.47 bits per heavy atom. The molecule has 3 aromatic rings. The van der Waals surface area contributed by atoms with Crippen LogP contribution in [0.3, 0.4) is 0 Å². The number of carboxylic acid groups (broad SMARTS) is 1. The Kier molecular flexibility index (Phi) is 6.04. The average Bonchev–Trinajstić information content (AvgIpc) is 3.29. The molecule has 0 saturated carbocycles. The number of amides is 1. The number of hydrogen-bond acceptors (Lipinski definition) is 5. The maximum Gasteiger partial charge on any atom is 0.326 e. The minimum absolute atomic E-state index is 0.170. The van der Waals surface area contributed by atoms with Gasteiger partial charge in [-0.25, -0.2) is 4.79 Å². The van der Waals surface area contributed by atoms with E-state index in [4.69, 9.17) is 5.73 Å². The number of benzene rings is 2. The van der Waals surface area contributed by atoms with Gasteiger partial charge in [0.15, 0.2) is 0 Å². The van der Waals surface area contributed by atoms with E-state index >= 15 is 0 Å². The van der Waals surface area contributed by atoms with Gasteiger partial charge in [-0.15, -0.1) is 0 Å². The van der Waals surface area contributed by atoms with Crippen molar-refractivity contribution >= 4 is 23.2 Å². The van der Waals surface area contributed by atoms with Crippen LogP contribution in [0.25, 0.3) is 11.1 Å². The van der Waals surface area contributed by atoms with Crippen LogP contribution in [0.2, 0.25) is 0 Å². The van der Waals surface area contributed by atoms with Crippen molar-refractivity contribution in [3.63, 3.8) is 0 Å². The van der Waals surface area contributed by atoms with Crippen molar-refractivity contribution in [2.24, 2.45) is 5.73 Å². The lowest BCUT2D eigenvalue weighted by Gasteiger charge is -2.36. The topological polar surface area (TPSA) is 104 Å². The van der Waals surface area contributed by atoms with Gasteiger partial charge in [0.1, 0.15) is 11.8 Å². The van der Waals surface area contributed by atoms with E-state index < -0.39 is 18.1 Å². The van der Waals surface area contributed by atoms with Crippen LogP contribution in [0, 0.1) is 13.8 Å². The number of aryl methyl sites for hydroxylation is 2. The van der Waals surface area contributed by atoms with Crippen LogP contribution in [0.5, 0.6) is 5.75 Å². The molecule has 0 bridgehead atoms. The summed E-state index contributed by atoms with van der Waals surface area (Å²) in [5.41, 5.74) is 12.9. The number of carboxylic acids is 1. The summed E-state index contributed by atoms with van der Waals surface area (Å²) in [7, 11) is 0. The number of phenols is 1. The van der Waals surface area contributed by atoms with Crippen LogP contribution in [0.15, 0.2) is 47.2 Å². The highest BCUT2D eigenvalue weighted by Gasteiger charge is 2.36. The molecule has 0 fully saturated rings. The van der Waals surface area contributed by atoms with Gasteiger partial charge in [0, 0.05) is 13.0 Å². The van der Waals surface area contributed by atoms with E-state index in [2.05, 4.69) is 5.38 Å². The zero-order valence-electron chi connectivity index (χ0n) is 18.0. The molecular weight excluding hydrogens is 424 g/mol. The van der Waals surface area contributed by atoms with Gasteiger partial charge < -0.3 is 20.8 Å². The third-order valence-corrected chi connectivity index (χ3v) is 6.86. The molecule has 4 rings (SSSR count). The molecule has 4 N–H and O–H groups in total. The number of hydrogen-bond donors (Lipinski definition) is 3. The lowest BCUT2D eigenvalue weighted by Crippen LogP contribution is -2.54. The average molecular weight is 451 g/mol. The van der Waals surface area contributed by atoms with Gasteiger partial charge in [-0.3, -0.25) is 4.79 Å². The quantitative estimate of drug-likeness (QED) is 0.551. The second-order valence-electron chi connectivity index (χ2n) is 8.39. The van der Waals surface area contributed by atoms with E-state index in [-0.39, 0.29) is 31.0 Å². The molecule has 0 saturated heterocycles. The number of phenolic OH excluding ortho intramolecular Hbond substituents is 1. The van der Waals surface area contributed by atoms with Crippen LogP contribution in [-0.2, 0) is 29.0 Å². The minimum Gasteiger partial charge on any atom is -0.508 e. The molecular formula is C25H26N2O4S. The molecule has 6 nitrogen and oxygen atoms in total. The molecule has 2 atom stereocenters.